The molecule has 0 atom stereocenters. The molecule has 0 saturated heterocycles. The number of anilines is 2. The van der Waals surface area contributed by atoms with Gasteiger partial charge in [0.2, 0.25) is 0 Å². The third-order valence-electron chi connectivity index (χ3n) is 2.09. The molecule has 0 bridgehead atoms. The topological polar surface area (TPSA) is 24.9 Å². The van der Waals surface area contributed by atoms with Crippen LogP contribution in [-0.2, 0) is 0 Å². The lowest BCUT2D eigenvalue weighted by atomic mass is 10.3. The fraction of sp³-hybridized carbons (Fsp3) is 0. The summed E-state index contributed by atoms with van der Waals surface area (Å²) in [5, 5.41) is 2.26. The molecule has 0 aliphatic carbocycles. The van der Waals surface area contributed by atoms with Crippen molar-refractivity contribution in [1.29, 1.82) is 0 Å². The molecule has 0 radical (unpaired) electrons. The molecule has 18 heavy (non-hydrogen) atoms. The summed E-state index contributed by atoms with van der Waals surface area (Å²) in [5.41, 5.74) is -0.116. The van der Waals surface area contributed by atoms with Gasteiger partial charge in [-0.15, -0.1) is 0 Å². The highest BCUT2D eigenvalue weighted by atomic mass is 79.9. The summed E-state index contributed by atoms with van der Waals surface area (Å²) in [6.45, 7) is 0. The number of hydrogen-bond acceptors (Lipinski definition) is 2. The second kappa shape index (κ2) is 4.93. The molecular weight excluding hydrogens is 316 g/mol. The highest BCUT2D eigenvalue weighted by Crippen LogP contribution is 2.29. The normalized spacial score (nSPS) is 10.5. The van der Waals surface area contributed by atoms with Gasteiger partial charge in [0.05, 0.1) is 5.69 Å². The number of halogens is 5. The van der Waals surface area contributed by atoms with Crippen molar-refractivity contribution in [2.75, 3.05) is 5.32 Å². The van der Waals surface area contributed by atoms with Gasteiger partial charge in [-0.05, 0) is 28.1 Å². The van der Waals surface area contributed by atoms with E-state index in [1.165, 1.54) is 12.1 Å². The van der Waals surface area contributed by atoms with Gasteiger partial charge >= 0.3 is 0 Å². The lowest BCUT2D eigenvalue weighted by Gasteiger charge is -2.09. The van der Waals surface area contributed by atoms with E-state index in [1.807, 2.05) is 0 Å². The van der Waals surface area contributed by atoms with E-state index in [4.69, 9.17) is 0 Å². The molecule has 94 valence electrons. The maximum absolute atomic E-state index is 13.4. The Hall–Kier alpha value is -1.63. The second-order valence-electron chi connectivity index (χ2n) is 3.31. The van der Waals surface area contributed by atoms with Crippen LogP contribution in [0.3, 0.4) is 0 Å². The molecule has 0 saturated carbocycles. The molecule has 0 unspecified atom stereocenters. The Morgan fingerprint density at radius 1 is 1.00 bits per heavy atom. The van der Waals surface area contributed by atoms with E-state index in [0.29, 0.717) is 10.5 Å². The van der Waals surface area contributed by atoms with Crippen molar-refractivity contribution in [2.24, 2.45) is 0 Å². The SMILES string of the molecule is Fc1cc(F)c(Nc2c(F)cccc2Br)nc1F. The van der Waals surface area contributed by atoms with Gasteiger partial charge in [0.1, 0.15) is 5.82 Å². The molecule has 2 nitrogen and oxygen atoms in total. The molecule has 0 fully saturated rings. The van der Waals surface area contributed by atoms with Crippen LogP contribution in [0.5, 0.6) is 0 Å². The molecule has 1 aromatic heterocycles. The minimum absolute atomic E-state index is 0.116. The minimum atomic E-state index is -1.47. The molecule has 0 aliphatic heterocycles. The number of benzene rings is 1. The van der Waals surface area contributed by atoms with Crippen LogP contribution in [-0.4, -0.2) is 4.98 Å². The molecule has 1 N–H and O–H groups in total. The molecule has 7 heteroatoms. The van der Waals surface area contributed by atoms with Crippen LogP contribution in [0.2, 0.25) is 0 Å². The fourth-order valence-corrected chi connectivity index (χ4v) is 1.71. The van der Waals surface area contributed by atoms with Crippen LogP contribution in [0.25, 0.3) is 0 Å². The second-order valence-corrected chi connectivity index (χ2v) is 4.17. The summed E-state index contributed by atoms with van der Waals surface area (Å²) in [7, 11) is 0. The zero-order chi connectivity index (χ0) is 13.3. The lowest BCUT2D eigenvalue weighted by molar-refractivity contribution is 0.467. The molecule has 2 rings (SSSR count). The first kappa shape index (κ1) is 12.8. The Labute approximate surface area is 108 Å². The Morgan fingerprint density at radius 2 is 1.72 bits per heavy atom. The summed E-state index contributed by atoms with van der Waals surface area (Å²) >= 11 is 3.04. The van der Waals surface area contributed by atoms with Gasteiger partial charge < -0.3 is 5.32 Å². The molecule has 1 aromatic carbocycles. The van der Waals surface area contributed by atoms with Crippen molar-refractivity contribution in [3.05, 3.63) is 52.1 Å². The van der Waals surface area contributed by atoms with Gasteiger partial charge in [-0.25, -0.2) is 13.2 Å². The van der Waals surface area contributed by atoms with Gasteiger partial charge in [-0.3, -0.25) is 0 Å². The third kappa shape index (κ3) is 2.45. The molecular formula is C11H5BrF4N2. The van der Waals surface area contributed by atoms with Gasteiger partial charge in [0.15, 0.2) is 17.5 Å². The van der Waals surface area contributed by atoms with Crippen molar-refractivity contribution >= 4 is 27.4 Å². The predicted molar refractivity (Wildman–Crippen MR) is 61.5 cm³/mol. The average molecular weight is 321 g/mol. The molecule has 1 heterocycles. The standard InChI is InChI=1S/C11H5BrF4N2/c12-5-2-1-3-6(13)9(5)17-11-8(15)4-7(14)10(16)18-11/h1-4H,(H,17,18). The third-order valence-corrected chi connectivity index (χ3v) is 2.75. The number of rotatable bonds is 2. The van der Waals surface area contributed by atoms with E-state index >= 15 is 0 Å². The van der Waals surface area contributed by atoms with Gasteiger partial charge in [-0.2, -0.15) is 9.37 Å². The summed E-state index contributed by atoms with van der Waals surface area (Å²) < 4.78 is 52.6. The van der Waals surface area contributed by atoms with E-state index in [2.05, 4.69) is 26.2 Å². The number of nitrogens with zero attached hydrogens (tertiary/aromatic N) is 1. The Bertz CT molecular complexity index is 584. The molecule has 0 aliphatic rings. The summed E-state index contributed by atoms with van der Waals surface area (Å²) in [6.07, 6.45) is 0. The van der Waals surface area contributed by atoms with Crippen molar-refractivity contribution in [3.63, 3.8) is 0 Å². The number of aromatic nitrogens is 1. The quantitative estimate of drug-likeness (QED) is 0.664. The number of hydrogen-bond donors (Lipinski definition) is 1. The van der Waals surface area contributed by atoms with Crippen LogP contribution < -0.4 is 5.32 Å². The molecule has 0 amide bonds. The number of pyridine rings is 1. The first-order valence-electron chi connectivity index (χ1n) is 4.71. The Balaban J connectivity index is 2.43. The van der Waals surface area contributed by atoms with Crippen LogP contribution in [0.15, 0.2) is 28.7 Å². The summed E-state index contributed by atoms with van der Waals surface area (Å²) in [4.78, 5) is 3.03. The van der Waals surface area contributed by atoms with E-state index in [1.54, 1.807) is 0 Å². The Kier molecular flexibility index (Phi) is 3.51. The highest BCUT2D eigenvalue weighted by Gasteiger charge is 2.14. The smallest absolute Gasteiger partial charge is 0.251 e. The number of nitrogens with one attached hydrogen (secondary N) is 1. The van der Waals surface area contributed by atoms with Crippen LogP contribution in [0.1, 0.15) is 0 Å². The maximum atomic E-state index is 13.4. The fourth-order valence-electron chi connectivity index (χ4n) is 1.27. The zero-order valence-corrected chi connectivity index (χ0v) is 10.2. The number of para-hydroxylation sites is 1. The van der Waals surface area contributed by atoms with E-state index in [9.17, 15) is 17.6 Å². The van der Waals surface area contributed by atoms with E-state index in [-0.39, 0.29) is 5.69 Å². The van der Waals surface area contributed by atoms with Crippen LogP contribution >= 0.6 is 15.9 Å². The largest absolute Gasteiger partial charge is 0.334 e. The molecule has 2 aromatic rings. The average Bonchev–Trinajstić information content (AvgIpc) is 2.30. The van der Waals surface area contributed by atoms with E-state index in [0.717, 1.165) is 6.07 Å². The van der Waals surface area contributed by atoms with Crippen LogP contribution in [0.4, 0.5) is 29.1 Å². The van der Waals surface area contributed by atoms with Crippen molar-refractivity contribution < 1.29 is 17.6 Å². The first-order valence-corrected chi connectivity index (χ1v) is 5.51. The summed E-state index contributed by atoms with van der Waals surface area (Å²) in [6, 6.07) is 4.40. The van der Waals surface area contributed by atoms with Gasteiger partial charge in [0, 0.05) is 10.5 Å². The van der Waals surface area contributed by atoms with Gasteiger partial charge in [0.25, 0.3) is 5.95 Å². The van der Waals surface area contributed by atoms with Crippen LogP contribution in [0, 0.1) is 23.4 Å². The monoisotopic (exact) mass is 320 g/mol. The predicted octanol–water partition coefficient (Wildman–Crippen LogP) is 4.14. The van der Waals surface area contributed by atoms with Crippen molar-refractivity contribution in [3.8, 4) is 0 Å². The zero-order valence-electron chi connectivity index (χ0n) is 8.65. The Morgan fingerprint density at radius 3 is 2.39 bits per heavy atom. The maximum Gasteiger partial charge on any atom is 0.251 e. The minimum Gasteiger partial charge on any atom is -0.334 e. The van der Waals surface area contributed by atoms with E-state index < -0.39 is 29.2 Å². The van der Waals surface area contributed by atoms with Crippen molar-refractivity contribution in [1.82, 2.24) is 4.98 Å². The van der Waals surface area contributed by atoms with Gasteiger partial charge in [-0.1, -0.05) is 6.07 Å². The lowest BCUT2D eigenvalue weighted by Crippen LogP contribution is -2.03. The molecule has 0 spiro atoms. The van der Waals surface area contributed by atoms with Crippen molar-refractivity contribution in [2.45, 2.75) is 0 Å². The highest BCUT2D eigenvalue weighted by molar-refractivity contribution is 9.10. The first-order chi connectivity index (χ1) is 8.49. The summed E-state index contributed by atoms with van der Waals surface area (Å²) in [5.74, 6) is -5.28.